The summed E-state index contributed by atoms with van der Waals surface area (Å²) in [4.78, 5) is 27.6. The Hall–Kier alpha value is -2.94. The average Bonchev–Trinajstić information content (AvgIpc) is 3.27. The monoisotopic (exact) mass is 371 g/mol. The van der Waals surface area contributed by atoms with Gasteiger partial charge in [-0.1, -0.05) is 23.5 Å². The summed E-state index contributed by atoms with van der Waals surface area (Å²) in [5.41, 5.74) is 1.70. The molecule has 1 aromatic carbocycles. The molecule has 1 amide bonds. The van der Waals surface area contributed by atoms with Crippen LogP contribution in [0.15, 0.2) is 35.8 Å². The maximum absolute atomic E-state index is 11.8. The lowest BCUT2D eigenvalue weighted by Gasteiger charge is -2.14. The number of benzene rings is 1. The molecule has 0 saturated heterocycles. The lowest BCUT2D eigenvalue weighted by atomic mass is 10.1. The Morgan fingerprint density at radius 1 is 1.38 bits per heavy atom. The zero-order chi connectivity index (χ0) is 18.3. The van der Waals surface area contributed by atoms with Crippen LogP contribution in [0.3, 0.4) is 0 Å². The molecule has 0 bridgehead atoms. The molecule has 2 N–H and O–H groups in total. The number of hydrogen-bond acceptors (Lipinski definition) is 6. The van der Waals surface area contributed by atoms with E-state index in [1.807, 2.05) is 31.2 Å². The lowest BCUT2D eigenvalue weighted by molar-refractivity contribution is -0.389. The van der Waals surface area contributed by atoms with Crippen molar-refractivity contribution in [2.45, 2.75) is 25.8 Å². The third-order valence-electron chi connectivity index (χ3n) is 4.39. The molecule has 2 heterocycles. The predicted molar refractivity (Wildman–Crippen MR) is 99.6 cm³/mol. The fourth-order valence-corrected chi connectivity index (χ4v) is 3.49. The maximum Gasteiger partial charge on any atom is 0.372 e. The first kappa shape index (κ1) is 16.5. The predicted octanol–water partition coefficient (Wildman–Crippen LogP) is 3.83. The van der Waals surface area contributed by atoms with Gasteiger partial charge in [0.2, 0.25) is 11.7 Å². The molecule has 0 aliphatic heterocycles. The van der Waals surface area contributed by atoms with Crippen LogP contribution in [-0.4, -0.2) is 20.2 Å². The van der Waals surface area contributed by atoms with Gasteiger partial charge in [-0.05, 0) is 42.4 Å². The number of fused-ring (bicyclic) bond motifs is 1. The number of hydrogen-bond donors (Lipinski definition) is 2. The van der Waals surface area contributed by atoms with E-state index in [2.05, 4.69) is 15.6 Å². The fourth-order valence-electron chi connectivity index (χ4n) is 2.78. The molecule has 0 spiro atoms. The summed E-state index contributed by atoms with van der Waals surface area (Å²) in [5, 5.41) is 19.2. The third kappa shape index (κ3) is 3.13. The SMILES string of the molecule is CC(Nc1nc2sccn2c1[N+](=O)[O-])c1ccc(NC(=O)C2CC2)cc1. The summed E-state index contributed by atoms with van der Waals surface area (Å²) >= 11 is 1.34. The van der Waals surface area contributed by atoms with Crippen molar-refractivity contribution in [2.75, 3.05) is 10.6 Å². The minimum absolute atomic E-state index is 0.0672. The van der Waals surface area contributed by atoms with Gasteiger partial charge in [0, 0.05) is 17.0 Å². The van der Waals surface area contributed by atoms with Gasteiger partial charge in [-0.15, -0.1) is 0 Å². The Morgan fingerprint density at radius 2 is 2.12 bits per heavy atom. The number of rotatable bonds is 6. The largest absolute Gasteiger partial charge is 0.372 e. The Bertz CT molecular complexity index is 974. The Kier molecular flexibility index (Phi) is 4.08. The first-order valence-electron chi connectivity index (χ1n) is 8.30. The molecule has 26 heavy (non-hydrogen) atoms. The highest BCUT2D eigenvalue weighted by Gasteiger charge is 2.29. The Balaban J connectivity index is 1.50. The summed E-state index contributed by atoms with van der Waals surface area (Å²) < 4.78 is 1.47. The van der Waals surface area contributed by atoms with Crippen molar-refractivity contribution >= 4 is 39.5 Å². The van der Waals surface area contributed by atoms with Gasteiger partial charge >= 0.3 is 5.82 Å². The summed E-state index contributed by atoms with van der Waals surface area (Å²) in [6.07, 6.45) is 3.57. The molecule has 2 aromatic heterocycles. The number of imidazole rings is 1. The van der Waals surface area contributed by atoms with Crippen LogP contribution in [0.5, 0.6) is 0 Å². The van der Waals surface area contributed by atoms with Gasteiger partial charge in [0.25, 0.3) is 4.96 Å². The number of nitro groups is 1. The van der Waals surface area contributed by atoms with E-state index < -0.39 is 4.92 Å². The summed E-state index contributed by atoms with van der Waals surface area (Å²) in [7, 11) is 0. The lowest BCUT2D eigenvalue weighted by Crippen LogP contribution is -2.13. The highest BCUT2D eigenvalue weighted by atomic mass is 32.1. The average molecular weight is 371 g/mol. The summed E-state index contributed by atoms with van der Waals surface area (Å²) in [6.45, 7) is 1.91. The normalized spacial score (nSPS) is 15.0. The molecule has 1 unspecified atom stereocenters. The molecule has 9 heteroatoms. The van der Waals surface area contributed by atoms with Crippen LogP contribution in [0.25, 0.3) is 4.96 Å². The molecular weight excluding hydrogens is 354 g/mol. The molecule has 1 saturated carbocycles. The van der Waals surface area contributed by atoms with Gasteiger partial charge in [-0.3, -0.25) is 4.79 Å². The van der Waals surface area contributed by atoms with Crippen LogP contribution >= 0.6 is 11.3 Å². The number of amides is 1. The number of anilines is 2. The summed E-state index contributed by atoms with van der Waals surface area (Å²) in [5.74, 6) is 0.408. The highest BCUT2D eigenvalue weighted by molar-refractivity contribution is 7.15. The second kappa shape index (κ2) is 6.41. The van der Waals surface area contributed by atoms with E-state index in [9.17, 15) is 14.9 Å². The minimum Gasteiger partial charge on any atom is -0.358 e. The molecule has 1 fully saturated rings. The van der Waals surface area contributed by atoms with Crippen molar-refractivity contribution < 1.29 is 9.72 Å². The first-order chi connectivity index (χ1) is 12.5. The second-order valence-corrected chi connectivity index (χ2v) is 7.22. The molecular formula is C17H17N5O3S. The van der Waals surface area contributed by atoms with Crippen molar-refractivity contribution in [2.24, 2.45) is 5.92 Å². The van der Waals surface area contributed by atoms with Crippen molar-refractivity contribution in [1.29, 1.82) is 0 Å². The molecule has 4 rings (SSSR count). The van der Waals surface area contributed by atoms with Crippen molar-refractivity contribution in [3.8, 4) is 0 Å². The van der Waals surface area contributed by atoms with Crippen LogP contribution in [-0.2, 0) is 4.79 Å². The van der Waals surface area contributed by atoms with Gasteiger partial charge in [0.1, 0.15) is 6.20 Å². The standard InChI is InChI=1S/C17H17N5O3S/c1-10(11-4-6-13(7-5-11)19-15(23)12-2-3-12)18-14-16(22(24)25)21-8-9-26-17(21)20-14/h4-10,12,18H,2-3H2,1H3,(H,19,23). The van der Waals surface area contributed by atoms with Crippen LogP contribution < -0.4 is 10.6 Å². The topological polar surface area (TPSA) is 102 Å². The molecule has 1 aliphatic rings. The zero-order valence-electron chi connectivity index (χ0n) is 14.0. The van der Waals surface area contributed by atoms with Crippen molar-refractivity contribution in [3.63, 3.8) is 0 Å². The van der Waals surface area contributed by atoms with E-state index in [1.54, 1.807) is 11.6 Å². The summed E-state index contributed by atoms with van der Waals surface area (Å²) in [6, 6.07) is 7.29. The van der Waals surface area contributed by atoms with E-state index in [1.165, 1.54) is 15.7 Å². The van der Waals surface area contributed by atoms with Gasteiger partial charge < -0.3 is 20.7 Å². The number of carbonyl (C=O) groups excluding carboxylic acids is 1. The maximum atomic E-state index is 11.8. The quantitative estimate of drug-likeness (QED) is 0.506. The van der Waals surface area contributed by atoms with Crippen LogP contribution in [0.1, 0.15) is 31.4 Å². The fraction of sp³-hybridized carbons (Fsp3) is 0.294. The zero-order valence-corrected chi connectivity index (χ0v) is 14.8. The van der Waals surface area contributed by atoms with Crippen molar-refractivity contribution in [3.05, 3.63) is 51.5 Å². The van der Waals surface area contributed by atoms with E-state index in [4.69, 9.17) is 0 Å². The van der Waals surface area contributed by atoms with E-state index in [-0.39, 0.29) is 29.5 Å². The second-order valence-electron chi connectivity index (χ2n) is 6.35. The van der Waals surface area contributed by atoms with E-state index in [0.29, 0.717) is 4.96 Å². The van der Waals surface area contributed by atoms with Gasteiger partial charge in [-0.2, -0.15) is 9.38 Å². The van der Waals surface area contributed by atoms with Crippen LogP contribution in [0.4, 0.5) is 17.3 Å². The molecule has 8 nitrogen and oxygen atoms in total. The van der Waals surface area contributed by atoms with E-state index >= 15 is 0 Å². The van der Waals surface area contributed by atoms with Gasteiger partial charge in [-0.25, -0.2) is 0 Å². The van der Waals surface area contributed by atoms with Crippen LogP contribution in [0.2, 0.25) is 0 Å². The number of nitrogens with zero attached hydrogens (tertiary/aromatic N) is 3. The highest BCUT2D eigenvalue weighted by Crippen LogP contribution is 2.32. The molecule has 0 radical (unpaired) electrons. The Labute approximate surface area is 153 Å². The Morgan fingerprint density at radius 3 is 2.77 bits per heavy atom. The molecule has 1 atom stereocenters. The van der Waals surface area contributed by atoms with Gasteiger partial charge in [0.15, 0.2) is 0 Å². The van der Waals surface area contributed by atoms with E-state index in [0.717, 1.165) is 24.1 Å². The third-order valence-corrected chi connectivity index (χ3v) is 5.15. The molecule has 3 aromatic rings. The number of thiazole rings is 1. The smallest absolute Gasteiger partial charge is 0.358 e. The number of carbonyl (C=O) groups is 1. The minimum atomic E-state index is -0.432. The number of nitrogens with one attached hydrogen (secondary N) is 2. The molecule has 134 valence electrons. The first-order valence-corrected chi connectivity index (χ1v) is 9.18. The van der Waals surface area contributed by atoms with Crippen molar-refractivity contribution in [1.82, 2.24) is 9.38 Å². The molecule has 1 aliphatic carbocycles. The number of aromatic nitrogens is 2. The van der Waals surface area contributed by atoms with Crippen LogP contribution in [0, 0.1) is 16.0 Å². The van der Waals surface area contributed by atoms with Gasteiger partial charge in [0.05, 0.1) is 6.04 Å².